The van der Waals surface area contributed by atoms with Gasteiger partial charge in [-0.2, -0.15) is 0 Å². The summed E-state index contributed by atoms with van der Waals surface area (Å²) in [4.78, 5) is 37.8. The first kappa shape index (κ1) is 31.2. The standard InChI is InChI=1S/C26H48O7/c1-13-24(7,8)17-26(11,12)20(27)30-15-19(33-22(29)31-14-18(2)3)32-21(28)25(9,10)16-23(4,5)6/h18-19H,13-17H2,1-12H3. The Kier molecular flexibility index (Phi) is 11.4. The molecule has 0 spiro atoms. The Morgan fingerprint density at radius 2 is 1.21 bits per heavy atom. The minimum absolute atomic E-state index is 0.0392. The summed E-state index contributed by atoms with van der Waals surface area (Å²) in [6.07, 6.45) is -0.275. The lowest BCUT2D eigenvalue weighted by molar-refractivity contribution is -0.197. The highest BCUT2D eigenvalue weighted by atomic mass is 16.8. The summed E-state index contributed by atoms with van der Waals surface area (Å²) in [5.41, 5.74) is -1.73. The number of hydrogen-bond acceptors (Lipinski definition) is 7. The molecule has 0 saturated heterocycles. The Morgan fingerprint density at radius 1 is 0.697 bits per heavy atom. The molecule has 0 aromatic rings. The van der Waals surface area contributed by atoms with Crippen molar-refractivity contribution in [3.63, 3.8) is 0 Å². The molecule has 0 amide bonds. The second-order valence-corrected chi connectivity index (χ2v) is 12.7. The molecule has 0 aliphatic carbocycles. The maximum atomic E-state index is 12.9. The van der Waals surface area contributed by atoms with E-state index in [-0.39, 0.29) is 23.4 Å². The Morgan fingerprint density at radius 3 is 1.67 bits per heavy atom. The van der Waals surface area contributed by atoms with E-state index in [1.165, 1.54) is 0 Å². The van der Waals surface area contributed by atoms with Crippen molar-refractivity contribution in [3.8, 4) is 0 Å². The zero-order chi connectivity index (χ0) is 26.3. The van der Waals surface area contributed by atoms with Gasteiger partial charge in [0, 0.05) is 0 Å². The average Bonchev–Trinajstić information content (AvgIpc) is 2.61. The van der Waals surface area contributed by atoms with Crippen LogP contribution in [0.3, 0.4) is 0 Å². The predicted molar refractivity (Wildman–Crippen MR) is 128 cm³/mol. The lowest BCUT2D eigenvalue weighted by Gasteiger charge is -2.33. The van der Waals surface area contributed by atoms with Crippen molar-refractivity contribution in [3.05, 3.63) is 0 Å². The highest BCUT2D eigenvalue weighted by molar-refractivity contribution is 5.77. The molecule has 0 aliphatic heterocycles. The first-order valence-electron chi connectivity index (χ1n) is 11.9. The fourth-order valence-corrected chi connectivity index (χ4v) is 3.88. The number of esters is 2. The molecule has 0 aromatic heterocycles. The van der Waals surface area contributed by atoms with E-state index in [1.807, 2.05) is 48.5 Å². The lowest BCUT2D eigenvalue weighted by Crippen LogP contribution is -2.39. The quantitative estimate of drug-likeness (QED) is 0.181. The van der Waals surface area contributed by atoms with Crippen LogP contribution < -0.4 is 0 Å². The molecular weight excluding hydrogens is 424 g/mol. The van der Waals surface area contributed by atoms with Crippen LogP contribution in [0.15, 0.2) is 0 Å². The van der Waals surface area contributed by atoms with Gasteiger partial charge in [0.15, 0.2) is 6.61 Å². The van der Waals surface area contributed by atoms with Gasteiger partial charge in [-0.05, 0) is 57.3 Å². The average molecular weight is 473 g/mol. The molecule has 1 atom stereocenters. The van der Waals surface area contributed by atoms with Crippen LogP contribution in [-0.4, -0.2) is 37.6 Å². The summed E-state index contributed by atoms with van der Waals surface area (Å²) in [5, 5.41) is 0. The first-order chi connectivity index (χ1) is 14.7. The Balaban J connectivity index is 5.37. The summed E-state index contributed by atoms with van der Waals surface area (Å²) >= 11 is 0. The van der Waals surface area contributed by atoms with E-state index in [4.69, 9.17) is 18.9 Å². The van der Waals surface area contributed by atoms with Crippen molar-refractivity contribution in [2.24, 2.45) is 27.6 Å². The first-order valence-corrected chi connectivity index (χ1v) is 11.9. The van der Waals surface area contributed by atoms with E-state index < -0.39 is 41.8 Å². The highest BCUT2D eigenvalue weighted by Gasteiger charge is 2.38. The van der Waals surface area contributed by atoms with Gasteiger partial charge in [-0.3, -0.25) is 9.59 Å². The van der Waals surface area contributed by atoms with E-state index in [2.05, 4.69) is 20.8 Å². The maximum absolute atomic E-state index is 12.9. The number of carbonyl (C=O) groups excluding carboxylic acids is 3. The van der Waals surface area contributed by atoms with Crippen LogP contribution >= 0.6 is 0 Å². The molecule has 33 heavy (non-hydrogen) atoms. The summed E-state index contributed by atoms with van der Waals surface area (Å²) in [6.45, 7) is 23.1. The molecule has 0 fully saturated rings. The third-order valence-electron chi connectivity index (χ3n) is 5.31. The van der Waals surface area contributed by atoms with Gasteiger partial charge in [-0.1, -0.05) is 61.8 Å². The second kappa shape index (κ2) is 12.1. The van der Waals surface area contributed by atoms with E-state index >= 15 is 0 Å². The smallest absolute Gasteiger partial charge is 0.457 e. The van der Waals surface area contributed by atoms with Crippen molar-refractivity contribution in [2.75, 3.05) is 13.2 Å². The van der Waals surface area contributed by atoms with E-state index in [1.54, 1.807) is 13.8 Å². The molecule has 0 aliphatic rings. The third-order valence-corrected chi connectivity index (χ3v) is 5.31. The number of rotatable bonds is 12. The molecule has 7 heteroatoms. The van der Waals surface area contributed by atoms with Gasteiger partial charge >= 0.3 is 18.1 Å². The normalized spacial score (nSPS) is 14.0. The molecule has 0 aromatic carbocycles. The van der Waals surface area contributed by atoms with Crippen LogP contribution in [0.5, 0.6) is 0 Å². The molecular formula is C26H48O7. The topological polar surface area (TPSA) is 88.1 Å². The summed E-state index contributed by atoms with van der Waals surface area (Å²) in [7, 11) is 0. The summed E-state index contributed by atoms with van der Waals surface area (Å²) in [5.74, 6) is -0.871. The molecule has 0 rings (SSSR count). The van der Waals surface area contributed by atoms with Crippen molar-refractivity contribution >= 4 is 18.1 Å². The van der Waals surface area contributed by atoms with Gasteiger partial charge in [0.25, 0.3) is 6.29 Å². The maximum Gasteiger partial charge on any atom is 0.511 e. The lowest BCUT2D eigenvalue weighted by atomic mass is 9.74. The molecule has 0 radical (unpaired) electrons. The minimum Gasteiger partial charge on any atom is -0.457 e. The highest BCUT2D eigenvalue weighted by Crippen LogP contribution is 2.37. The van der Waals surface area contributed by atoms with Gasteiger partial charge in [0.05, 0.1) is 17.4 Å². The van der Waals surface area contributed by atoms with Crippen LogP contribution in [-0.2, 0) is 28.5 Å². The predicted octanol–water partition coefficient (Wildman–Crippen LogP) is 6.52. The van der Waals surface area contributed by atoms with Crippen molar-refractivity contribution in [2.45, 2.75) is 109 Å². The molecule has 194 valence electrons. The fourth-order valence-electron chi connectivity index (χ4n) is 3.88. The zero-order valence-corrected chi connectivity index (χ0v) is 23.0. The molecule has 1 unspecified atom stereocenters. The summed E-state index contributed by atoms with van der Waals surface area (Å²) in [6, 6.07) is 0. The number of hydrogen-bond donors (Lipinski definition) is 0. The van der Waals surface area contributed by atoms with Gasteiger partial charge < -0.3 is 18.9 Å². The SMILES string of the molecule is CCC(C)(C)CC(C)(C)C(=O)OCC(OC(=O)OCC(C)C)OC(=O)C(C)(C)CC(C)(C)C. The van der Waals surface area contributed by atoms with Crippen molar-refractivity contribution in [1.82, 2.24) is 0 Å². The molecule has 7 nitrogen and oxygen atoms in total. The van der Waals surface area contributed by atoms with Crippen LogP contribution in [0, 0.1) is 27.6 Å². The van der Waals surface area contributed by atoms with Crippen LogP contribution in [0.4, 0.5) is 4.79 Å². The number of carbonyl (C=O) groups is 3. The van der Waals surface area contributed by atoms with Gasteiger partial charge in [0.2, 0.25) is 0 Å². The van der Waals surface area contributed by atoms with Crippen molar-refractivity contribution in [1.29, 1.82) is 0 Å². The van der Waals surface area contributed by atoms with E-state index in [0.29, 0.717) is 12.8 Å². The van der Waals surface area contributed by atoms with E-state index in [0.717, 1.165) is 6.42 Å². The van der Waals surface area contributed by atoms with Gasteiger partial charge in [-0.25, -0.2) is 4.79 Å². The van der Waals surface area contributed by atoms with Crippen LogP contribution in [0.2, 0.25) is 0 Å². The van der Waals surface area contributed by atoms with E-state index in [9.17, 15) is 14.4 Å². The van der Waals surface area contributed by atoms with Crippen LogP contribution in [0.25, 0.3) is 0 Å². The minimum atomic E-state index is -1.39. The third kappa shape index (κ3) is 12.9. The molecule has 0 heterocycles. The van der Waals surface area contributed by atoms with Crippen LogP contribution in [0.1, 0.15) is 102 Å². The molecule has 0 bridgehead atoms. The molecule has 0 saturated carbocycles. The number of ether oxygens (including phenoxy) is 4. The Hall–Kier alpha value is -1.79. The largest absolute Gasteiger partial charge is 0.511 e. The van der Waals surface area contributed by atoms with Gasteiger partial charge in [0.1, 0.15) is 0 Å². The molecule has 0 N–H and O–H groups in total. The Bertz CT molecular complexity index is 654. The van der Waals surface area contributed by atoms with Gasteiger partial charge in [-0.15, -0.1) is 0 Å². The second-order valence-electron chi connectivity index (χ2n) is 12.7. The fraction of sp³-hybridized carbons (Fsp3) is 0.885. The zero-order valence-electron chi connectivity index (χ0n) is 23.0. The Labute approximate surface area is 201 Å². The monoisotopic (exact) mass is 472 g/mol. The summed E-state index contributed by atoms with van der Waals surface area (Å²) < 4.78 is 21.2. The van der Waals surface area contributed by atoms with Crippen molar-refractivity contribution < 1.29 is 33.3 Å².